The van der Waals surface area contributed by atoms with Crippen molar-refractivity contribution in [3.63, 3.8) is 0 Å². The summed E-state index contributed by atoms with van der Waals surface area (Å²) in [5.74, 6) is 0.401. The SMILES string of the molecule is CCC(CCO)Nc1ncc([N+](=O)[O-])cc1Cl. The molecule has 0 spiro atoms. The second kappa shape index (κ2) is 6.36. The number of halogens is 1. The van der Waals surface area contributed by atoms with Gasteiger partial charge in [0, 0.05) is 18.7 Å². The van der Waals surface area contributed by atoms with Crippen LogP contribution in [0.3, 0.4) is 0 Å². The normalized spacial score (nSPS) is 12.2. The molecule has 1 unspecified atom stereocenters. The van der Waals surface area contributed by atoms with Gasteiger partial charge in [-0.1, -0.05) is 18.5 Å². The third-order valence-electron chi connectivity index (χ3n) is 2.35. The van der Waals surface area contributed by atoms with E-state index in [1.807, 2.05) is 6.92 Å². The van der Waals surface area contributed by atoms with Crippen LogP contribution in [-0.2, 0) is 0 Å². The lowest BCUT2D eigenvalue weighted by atomic mass is 10.1. The van der Waals surface area contributed by atoms with E-state index in [2.05, 4.69) is 10.3 Å². The Kier molecular flexibility index (Phi) is 5.11. The summed E-state index contributed by atoms with van der Waals surface area (Å²) >= 11 is 5.88. The van der Waals surface area contributed by atoms with Crippen molar-refractivity contribution in [1.82, 2.24) is 4.98 Å². The average molecular weight is 260 g/mol. The molecule has 17 heavy (non-hydrogen) atoms. The number of aliphatic hydroxyl groups excluding tert-OH is 1. The molecule has 1 rings (SSSR count). The first-order valence-electron chi connectivity index (χ1n) is 5.25. The van der Waals surface area contributed by atoms with Crippen LogP contribution in [0.1, 0.15) is 19.8 Å². The van der Waals surface area contributed by atoms with Gasteiger partial charge >= 0.3 is 0 Å². The number of aliphatic hydroxyl groups is 1. The molecule has 94 valence electrons. The molecule has 1 heterocycles. The lowest BCUT2D eigenvalue weighted by molar-refractivity contribution is -0.385. The van der Waals surface area contributed by atoms with Crippen molar-refractivity contribution in [2.24, 2.45) is 0 Å². The van der Waals surface area contributed by atoms with E-state index in [0.717, 1.165) is 12.6 Å². The van der Waals surface area contributed by atoms with Crippen molar-refractivity contribution in [3.05, 3.63) is 27.4 Å². The van der Waals surface area contributed by atoms with Gasteiger partial charge in [-0.3, -0.25) is 10.1 Å². The zero-order chi connectivity index (χ0) is 12.8. The lowest BCUT2D eigenvalue weighted by Gasteiger charge is -2.16. The molecule has 0 fully saturated rings. The molecule has 0 aliphatic rings. The number of nitro groups is 1. The minimum absolute atomic E-state index is 0.0476. The fourth-order valence-corrected chi connectivity index (χ4v) is 1.58. The van der Waals surface area contributed by atoms with E-state index in [-0.39, 0.29) is 23.4 Å². The molecule has 0 aromatic carbocycles. The van der Waals surface area contributed by atoms with Gasteiger partial charge in [-0.05, 0) is 12.8 Å². The molecule has 0 saturated carbocycles. The number of nitrogens with zero attached hydrogens (tertiary/aromatic N) is 2. The molecule has 7 heteroatoms. The molecule has 6 nitrogen and oxygen atoms in total. The Morgan fingerprint density at radius 3 is 2.88 bits per heavy atom. The van der Waals surface area contributed by atoms with Crippen molar-refractivity contribution >= 4 is 23.1 Å². The lowest BCUT2D eigenvalue weighted by Crippen LogP contribution is -2.20. The van der Waals surface area contributed by atoms with E-state index in [1.165, 1.54) is 6.07 Å². The maximum atomic E-state index is 10.5. The highest BCUT2D eigenvalue weighted by Gasteiger charge is 2.13. The average Bonchev–Trinajstić information content (AvgIpc) is 2.30. The highest BCUT2D eigenvalue weighted by atomic mass is 35.5. The molecule has 1 aromatic heterocycles. The Bertz CT molecular complexity index is 400. The van der Waals surface area contributed by atoms with Crippen LogP contribution < -0.4 is 5.32 Å². The van der Waals surface area contributed by atoms with Gasteiger partial charge < -0.3 is 10.4 Å². The highest BCUT2D eigenvalue weighted by molar-refractivity contribution is 6.33. The summed E-state index contributed by atoms with van der Waals surface area (Å²) in [4.78, 5) is 13.9. The van der Waals surface area contributed by atoms with Gasteiger partial charge in [0.25, 0.3) is 5.69 Å². The first-order valence-corrected chi connectivity index (χ1v) is 5.63. The van der Waals surface area contributed by atoms with E-state index in [9.17, 15) is 10.1 Å². The maximum absolute atomic E-state index is 10.5. The Morgan fingerprint density at radius 1 is 1.71 bits per heavy atom. The van der Waals surface area contributed by atoms with Crippen molar-refractivity contribution < 1.29 is 10.0 Å². The summed E-state index contributed by atoms with van der Waals surface area (Å²) in [7, 11) is 0. The Labute approximate surface area is 104 Å². The van der Waals surface area contributed by atoms with E-state index in [1.54, 1.807) is 0 Å². The fourth-order valence-electron chi connectivity index (χ4n) is 1.36. The summed E-state index contributed by atoms with van der Waals surface area (Å²) in [5.41, 5.74) is -0.143. The highest BCUT2D eigenvalue weighted by Crippen LogP contribution is 2.24. The molecular formula is C10H14ClN3O3. The monoisotopic (exact) mass is 259 g/mol. The van der Waals surface area contributed by atoms with E-state index < -0.39 is 4.92 Å². The molecule has 0 saturated heterocycles. The van der Waals surface area contributed by atoms with Crippen molar-refractivity contribution in [1.29, 1.82) is 0 Å². The van der Waals surface area contributed by atoms with Gasteiger partial charge in [-0.25, -0.2) is 4.98 Å². The first kappa shape index (κ1) is 13.7. The number of pyridine rings is 1. The summed E-state index contributed by atoms with van der Waals surface area (Å²) in [5, 5.41) is 22.6. The molecule has 0 aliphatic heterocycles. The molecule has 0 radical (unpaired) electrons. The Balaban J connectivity index is 2.81. The smallest absolute Gasteiger partial charge is 0.289 e. The van der Waals surface area contributed by atoms with Gasteiger partial charge in [-0.15, -0.1) is 0 Å². The van der Waals surface area contributed by atoms with Gasteiger partial charge in [0.15, 0.2) is 0 Å². The van der Waals surface area contributed by atoms with Gasteiger partial charge in [0.1, 0.15) is 12.0 Å². The van der Waals surface area contributed by atoms with E-state index >= 15 is 0 Å². The number of anilines is 1. The van der Waals surface area contributed by atoms with Crippen LogP contribution in [-0.4, -0.2) is 27.7 Å². The van der Waals surface area contributed by atoms with Crippen LogP contribution in [0.2, 0.25) is 5.02 Å². The molecule has 1 aromatic rings. The third kappa shape index (κ3) is 3.83. The molecule has 1 atom stereocenters. The number of hydrogen-bond acceptors (Lipinski definition) is 5. The topological polar surface area (TPSA) is 88.3 Å². The van der Waals surface area contributed by atoms with Crippen LogP contribution in [0.5, 0.6) is 0 Å². The fraction of sp³-hybridized carbons (Fsp3) is 0.500. The predicted octanol–water partition coefficient (Wildman–Crippen LogP) is 2.22. The van der Waals surface area contributed by atoms with Crippen molar-refractivity contribution in [3.8, 4) is 0 Å². The number of rotatable bonds is 6. The minimum atomic E-state index is -0.548. The summed E-state index contributed by atoms with van der Waals surface area (Å²) < 4.78 is 0. The standard InChI is InChI=1S/C10H14ClN3O3/c1-2-7(3-4-15)13-10-9(11)5-8(6-12-10)14(16)17/h5-7,15H,2-4H2,1H3,(H,12,13). The molecular weight excluding hydrogens is 246 g/mol. The summed E-state index contributed by atoms with van der Waals surface area (Å²) in [6, 6.07) is 1.30. The molecule has 0 amide bonds. The summed E-state index contributed by atoms with van der Waals surface area (Å²) in [6.45, 7) is 2.03. The van der Waals surface area contributed by atoms with Crippen LogP contribution in [0.15, 0.2) is 12.3 Å². The quantitative estimate of drug-likeness (QED) is 0.604. The van der Waals surface area contributed by atoms with E-state index in [0.29, 0.717) is 12.2 Å². The molecule has 2 N–H and O–H groups in total. The van der Waals surface area contributed by atoms with Crippen LogP contribution in [0, 0.1) is 10.1 Å². The van der Waals surface area contributed by atoms with Crippen LogP contribution in [0.4, 0.5) is 11.5 Å². The minimum Gasteiger partial charge on any atom is -0.396 e. The second-order valence-corrected chi connectivity index (χ2v) is 3.95. The van der Waals surface area contributed by atoms with Gasteiger partial charge in [-0.2, -0.15) is 0 Å². The maximum Gasteiger partial charge on any atom is 0.289 e. The molecule has 0 bridgehead atoms. The predicted molar refractivity (Wildman–Crippen MR) is 65.3 cm³/mol. The summed E-state index contributed by atoms with van der Waals surface area (Å²) in [6.07, 6.45) is 2.53. The zero-order valence-corrected chi connectivity index (χ0v) is 10.1. The van der Waals surface area contributed by atoms with E-state index in [4.69, 9.17) is 16.7 Å². The first-order chi connectivity index (χ1) is 8.08. The van der Waals surface area contributed by atoms with Crippen molar-refractivity contribution in [2.75, 3.05) is 11.9 Å². The Morgan fingerprint density at radius 2 is 2.41 bits per heavy atom. The van der Waals surface area contributed by atoms with Gasteiger partial charge in [0.2, 0.25) is 0 Å². The molecule has 0 aliphatic carbocycles. The largest absolute Gasteiger partial charge is 0.396 e. The zero-order valence-electron chi connectivity index (χ0n) is 9.39. The third-order valence-corrected chi connectivity index (χ3v) is 2.64. The second-order valence-electron chi connectivity index (χ2n) is 3.54. The van der Waals surface area contributed by atoms with Gasteiger partial charge in [0.05, 0.1) is 9.95 Å². The number of nitrogens with one attached hydrogen (secondary N) is 1. The number of hydrogen-bond donors (Lipinski definition) is 2. The number of aromatic nitrogens is 1. The van der Waals surface area contributed by atoms with Crippen molar-refractivity contribution in [2.45, 2.75) is 25.8 Å². The van der Waals surface area contributed by atoms with Crippen LogP contribution in [0.25, 0.3) is 0 Å². The Hall–Kier alpha value is -1.40. The van der Waals surface area contributed by atoms with Crippen LogP contribution >= 0.6 is 11.6 Å².